The lowest BCUT2D eigenvalue weighted by Gasteiger charge is -2.10. The van der Waals surface area contributed by atoms with Crippen LogP contribution in [-0.2, 0) is 6.54 Å². The average Bonchev–Trinajstić information content (AvgIpc) is 2.95. The molecule has 3 aromatic rings. The van der Waals surface area contributed by atoms with Gasteiger partial charge in [0.25, 0.3) is 5.91 Å². The number of amides is 1. The molecule has 6 heteroatoms. The average molecular weight is 404 g/mol. The minimum Gasteiger partial charge on any atom is -0.493 e. The lowest BCUT2D eigenvalue weighted by Crippen LogP contribution is -2.23. The summed E-state index contributed by atoms with van der Waals surface area (Å²) < 4.78 is 17.1. The molecule has 0 unspecified atom stereocenters. The van der Waals surface area contributed by atoms with Crippen LogP contribution in [0.1, 0.15) is 21.7 Å². The Morgan fingerprint density at radius 3 is 2.60 bits per heavy atom. The SMILES string of the molecule is COc1ccc(CNC(=O)c2oc3ccc(Br)cc3c2C)cc1OC. The summed E-state index contributed by atoms with van der Waals surface area (Å²) in [6, 6.07) is 11.2. The van der Waals surface area contributed by atoms with Crippen LogP contribution in [0.2, 0.25) is 0 Å². The Morgan fingerprint density at radius 1 is 1.12 bits per heavy atom. The first kappa shape index (κ1) is 17.4. The molecule has 25 heavy (non-hydrogen) atoms. The maximum Gasteiger partial charge on any atom is 0.287 e. The van der Waals surface area contributed by atoms with E-state index in [0.29, 0.717) is 29.4 Å². The number of hydrogen-bond acceptors (Lipinski definition) is 4. The molecule has 0 saturated carbocycles. The summed E-state index contributed by atoms with van der Waals surface area (Å²) in [6.45, 7) is 2.24. The minimum atomic E-state index is -0.250. The molecule has 1 N–H and O–H groups in total. The molecule has 0 atom stereocenters. The molecule has 0 radical (unpaired) electrons. The van der Waals surface area contributed by atoms with Gasteiger partial charge in [0.2, 0.25) is 0 Å². The van der Waals surface area contributed by atoms with E-state index in [1.54, 1.807) is 14.2 Å². The molecule has 0 bridgehead atoms. The second-order valence-electron chi connectivity index (χ2n) is 5.57. The summed E-state index contributed by atoms with van der Waals surface area (Å²) >= 11 is 3.44. The van der Waals surface area contributed by atoms with Crippen LogP contribution in [-0.4, -0.2) is 20.1 Å². The highest BCUT2D eigenvalue weighted by atomic mass is 79.9. The summed E-state index contributed by atoms with van der Waals surface area (Å²) in [7, 11) is 3.16. The second-order valence-corrected chi connectivity index (χ2v) is 6.48. The van der Waals surface area contributed by atoms with Gasteiger partial charge in [-0.25, -0.2) is 0 Å². The number of furan rings is 1. The van der Waals surface area contributed by atoms with Crippen LogP contribution < -0.4 is 14.8 Å². The van der Waals surface area contributed by atoms with Crippen molar-refractivity contribution >= 4 is 32.8 Å². The third-order valence-corrected chi connectivity index (χ3v) is 4.50. The summed E-state index contributed by atoms with van der Waals surface area (Å²) in [4.78, 5) is 12.5. The molecule has 0 spiro atoms. The van der Waals surface area contributed by atoms with Crippen molar-refractivity contribution in [3.05, 3.63) is 57.8 Å². The van der Waals surface area contributed by atoms with Crippen LogP contribution >= 0.6 is 15.9 Å². The van der Waals surface area contributed by atoms with Crippen molar-refractivity contribution in [3.8, 4) is 11.5 Å². The number of halogens is 1. The molecule has 130 valence electrons. The van der Waals surface area contributed by atoms with Gasteiger partial charge < -0.3 is 19.2 Å². The van der Waals surface area contributed by atoms with E-state index in [2.05, 4.69) is 21.2 Å². The van der Waals surface area contributed by atoms with E-state index in [-0.39, 0.29) is 5.91 Å². The normalized spacial score (nSPS) is 10.7. The van der Waals surface area contributed by atoms with E-state index < -0.39 is 0 Å². The van der Waals surface area contributed by atoms with Gasteiger partial charge in [0, 0.05) is 22.0 Å². The predicted molar refractivity (Wildman–Crippen MR) is 99.4 cm³/mol. The van der Waals surface area contributed by atoms with Gasteiger partial charge >= 0.3 is 0 Å². The first-order valence-corrected chi connectivity index (χ1v) is 8.50. The second kappa shape index (κ2) is 7.19. The Balaban J connectivity index is 1.78. The fraction of sp³-hybridized carbons (Fsp3) is 0.211. The van der Waals surface area contributed by atoms with Gasteiger partial charge in [0.15, 0.2) is 17.3 Å². The number of ether oxygens (including phenoxy) is 2. The van der Waals surface area contributed by atoms with E-state index in [9.17, 15) is 4.79 Å². The van der Waals surface area contributed by atoms with Gasteiger partial charge in [-0.1, -0.05) is 22.0 Å². The van der Waals surface area contributed by atoms with Gasteiger partial charge in [-0.15, -0.1) is 0 Å². The molecule has 3 rings (SSSR count). The van der Waals surface area contributed by atoms with Crippen molar-refractivity contribution < 1.29 is 18.7 Å². The van der Waals surface area contributed by atoms with Gasteiger partial charge in [-0.3, -0.25) is 4.79 Å². The Kier molecular flexibility index (Phi) is 4.99. The van der Waals surface area contributed by atoms with Gasteiger partial charge in [-0.05, 0) is 42.8 Å². The van der Waals surface area contributed by atoms with Crippen molar-refractivity contribution in [2.75, 3.05) is 14.2 Å². The fourth-order valence-electron chi connectivity index (χ4n) is 2.66. The van der Waals surface area contributed by atoms with Crippen LogP contribution in [0.3, 0.4) is 0 Å². The number of nitrogens with one attached hydrogen (secondary N) is 1. The number of aryl methyl sites for hydroxylation is 1. The van der Waals surface area contributed by atoms with Crippen LogP contribution in [0.15, 0.2) is 45.3 Å². The van der Waals surface area contributed by atoms with Crippen molar-refractivity contribution in [2.24, 2.45) is 0 Å². The van der Waals surface area contributed by atoms with E-state index in [1.807, 2.05) is 43.3 Å². The molecule has 0 aliphatic rings. The van der Waals surface area contributed by atoms with E-state index in [0.717, 1.165) is 21.0 Å². The van der Waals surface area contributed by atoms with E-state index in [1.165, 1.54) is 0 Å². The molecule has 0 aliphatic carbocycles. The lowest BCUT2D eigenvalue weighted by molar-refractivity contribution is 0.0924. The molecular weight excluding hydrogens is 386 g/mol. The van der Waals surface area contributed by atoms with Gasteiger partial charge in [0.1, 0.15) is 5.58 Å². The van der Waals surface area contributed by atoms with Crippen LogP contribution in [0.5, 0.6) is 11.5 Å². The summed E-state index contributed by atoms with van der Waals surface area (Å²) in [5, 5.41) is 3.80. The standard InChI is InChI=1S/C19H18BrNO4/c1-11-14-9-13(20)5-7-15(14)25-18(11)19(22)21-10-12-4-6-16(23-2)17(8-12)24-3/h4-9H,10H2,1-3H3,(H,21,22). The molecule has 0 aliphatic heterocycles. The third kappa shape index (κ3) is 3.49. The summed E-state index contributed by atoms with van der Waals surface area (Å²) in [6.07, 6.45) is 0. The first-order valence-electron chi connectivity index (χ1n) is 7.71. The molecule has 5 nitrogen and oxygen atoms in total. The maximum absolute atomic E-state index is 12.5. The highest BCUT2D eigenvalue weighted by molar-refractivity contribution is 9.10. The predicted octanol–water partition coefficient (Wildman–Crippen LogP) is 4.45. The van der Waals surface area contributed by atoms with Crippen LogP contribution in [0.4, 0.5) is 0 Å². The molecule has 0 saturated heterocycles. The van der Waals surface area contributed by atoms with Crippen molar-refractivity contribution in [1.29, 1.82) is 0 Å². The summed E-state index contributed by atoms with van der Waals surface area (Å²) in [5.41, 5.74) is 2.42. The maximum atomic E-state index is 12.5. The Labute approximate surface area is 154 Å². The number of hydrogen-bond donors (Lipinski definition) is 1. The molecule has 1 aromatic heterocycles. The minimum absolute atomic E-state index is 0.250. The zero-order valence-corrected chi connectivity index (χ0v) is 15.8. The Morgan fingerprint density at radius 2 is 1.88 bits per heavy atom. The van der Waals surface area contributed by atoms with E-state index in [4.69, 9.17) is 13.9 Å². The molecule has 1 heterocycles. The molecular formula is C19H18BrNO4. The van der Waals surface area contributed by atoms with Crippen LogP contribution in [0.25, 0.3) is 11.0 Å². The largest absolute Gasteiger partial charge is 0.493 e. The number of fused-ring (bicyclic) bond motifs is 1. The molecule has 2 aromatic carbocycles. The highest BCUT2D eigenvalue weighted by Crippen LogP contribution is 2.29. The Hall–Kier alpha value is -2.47. The monoisotopic (exact) mass is 403 g/mol. The fourth-order valence-corrected chi connectivity index (χ4v) is 3.02. The number of methoxy groups -OCH3 is 2. The van der Waals surface area contributed by atoms with Crippen LogP contribution in [0, 0.1) is 6.92 Å². The van der Waals surface area contributed by atoms with E-state index >= 15 is 0 Å². The van der Waals surface area contributed by atoms with Crippen molar-refractivity contribution in [2.45, 2.75) is 13.5 Å². The summed E-state index contributed by atoms with van der Waals surface area (Å²) in [5.74, 6) is 1.35. The Bertz CT molecular complexity index is 933. The van der Waals surface area contributed by atoms with Crippen molar-refractivity contribution in [3.63, 3.8) is 0 Å². The molecule has 0 fully saturated rings. The number of benzene rings is 2. The number of carbonyl (C=O) groups is 1. The third-order valence-electron chi connectivity index (χ3n) is 4.01. The number of rotatable bonds is 5. The lowest BCUT2D eigenvalue weighted by atomic mass is 10.1. The zero-order chi connectivity index (χ0) is 18.0. The quantitative estimate of drug-likeness (QED) is 0.683. The highest BCUT2D eigenvalue weighted by Gasteiger charge is 2.17. The zero-order valence-electron chi connectivity index (χ0n) is 14.2. The molecule has 1 amide bonds. The smallest absolute Gasteiger partial charge is 0.287 e. The van der Waals surface area contributed by atoms with Crippen molar-refractivity contribution in [1.82, 2.24) is 5.32 Å². The topological polar surface area (TPSA) is 60.7 Å². The van der Waals surface area contributed by atoms with Gasteiger partial charge in [-0.2, -0.15) is 0 Å². The van der Waals surface area contributed by atoms with Gasteiger partial charge in [0.05, 0.1) is 14.2 Å². The first-order chi connectivity index (χ1) is 12.0. The number of carbonyl (C=O) groups excluding carboxylic acids is 1.